The second-order valence-corrected chi connectivity index (χ2v) is 5.47. The van der Waals surface area contributed by atoms with Crippen LogP contribution in [0.1, 0.15) is 12.0 Å². The number of ether oxygens (including phenoxy) is 2. The zero-order valence-corrected chi connectivity index (χ0v) is 12.2. The molecule has 0 bridgehead atoms. The van der Waals surface area contributed by atoms with Gasteiger partial charge in [0.05, 0.1) is 11.1 Å². The van der Waals surface area contributed by atoms with Gasteiger partial charge < -0.3 is 14.8 Å². The molecule has 6 heteroatoms. The van der Waals surface area contributed by atoms with Crippen LogP contribution < -0.4 is 5.32 Å². The van der Waals surface area contributed by atoms with Crippen molar-refractivity contribution in [2.75, 3.05) is 26.9 Å². The molecule has 106 valence electrons. The molecule has 0 radical (unpaired) electrons. The SMILES string of the molecule is COC1(CNCc2c(F)ccc(Br)c2F)CCOC1. The van der Waals surface area contributed by atoms with Gasteiger partial charge in [-0.05, 0) is 28.1 Å². The molecule has 0 aromatic heterocycles. The Balaban J connectivity index is 1.98. The van der Waals surface area contributed by atoms with Crippen molar-refractivity contribution in [1.29, 1.82) is 0 Å². The lowest BCUT2D eigenvalue weighted by atomic mass is 10.0. The minimum atomic E-state index is -0.568. The highest BCUT2D eigenvalue weighted by Gasteiger charge is 2.34. The molecule has 0 spiro atoms. The first-order valence-electron chi connectivity index (χ1n) is 6.04. The van der Waals surface area contributed by atoms with E-state index in [1.807, 2.05) is 0 Å². The molecule has 1 atom stereocenters. The lowest BCUT2D eigenvalue weighted by Gasteiger charge is -2.26. The van der Waals surface area contributed by atoms with E-state index in [1.54, 1.807) is 7.11 Å². The Hall–Kier alpha value is -0.560. The number of methoxy groups -OCH3 is 1. The van der Waals surface area contributed by atoms with E-state index >= 15 is 0 Å². The summed E-state index contributed by atoms with van der Waals surface area (Å²) in [4.78, 5) is 0. The molecule has 3 nitrogen and oxygen atoms in total. The third-order valence-corrected chi connectivity index (χ3v) is 4.00. The first-order valence-corrected chi connectivity index (χ1v) is 6.83. The molecule has 1 N–H and O–H groups in total. The summed E-state index contributed by atoms with van der Waals surface area (Å²) >= 11 is 3.05. The van der Waals surface area contributed by atoms with Crippen molar-refractivity contribution in [1.82, 2.24) is 5.32 Å². The average molecular weight is 336 g/mol. The number of benzene rings is 1. The van der Waals surface area contributed by atoms with E-state index in [0.29, 0.717) is 19.8 Å². The lowest BCUT2D eigenvalue weighted by Crippen LogP contribution is -2.42. The number of nitrogens with one attached hydrogen (secondary N) is 1. The number of hydrogen-bond acceptors (Lipinski definition) is 3. The van der Waals surface area contributed by atoms with Gasteiger partial charge in [0.25, 0.3) is 0 Å². The van der Waals surface area contributed by atoms with E-state index in [9.17, 15) is 8.78 Å². The summed E-state index contributed by atoms with van der Waals surface area (Å²) in [6.07, 6.45) is 0.778. The highest BCUT2D eigenvalue weighted by atomic mass is 79.9. The Morgan fingerprint density at radius 1 is 1.47 bits per heavy atom. The molecule has 1 saturated heterocycles. The van der Waals surface area contributed by atoms with Crippen LogP contribution in [0.2, 0.25) is 0 Å². The fraction of sp³-hybridized carbons (Fsp3) is 0.538. The van der Waals surface area contributed by atoms with Gasteiger partial charge in [-0.2, -0.15) is 0 Å². The second-order valence-electron chi connectivity index (χ2n) is 4.62. The highest BCUT2D eigenvalue weighted by molar-refractivity contribution is 9.10. The predicted molar refractivity (Wildman–Crippen MR) is 70.9 cm³/mol. The maximum atomic E-state index is 13.8. The second kappa shape index (κ2) is 6.26. The molecule has 19 heavy (non-hydrogen) atoms. The maximum Gasteiger partial charge on any atom is 0.144 e. The van der Waals surface area contributed by atoms with E-state index in [1.165, 1.54) is 12.1 Å². The largest absolute Gasteiger partial charge is 0.378 e. The normalized spacial score (nSPS) is 22.9. The van der Waals surface area contributed by atoms with Gasteiger partial charge >= 0.3 is 0 Å². The monoisotopic (exact) mass is 335 g/mol. The van der Waals surface area contributed by atoms with Gasteiger partial charge in [-0.1, -0.05) is 0 Å². The van der Waals surface area contributed by atoms with Gasteiger partial charge in [0.15, 0.2) is 0 Å². The Kier molecular flexibility index (Phi) is 4.89. The van der Waals surface area contributed by atoms with Crippen molar-refractivity contribution in [3.63, 3.8) is 0 Å². The van der Waals surface area contributed by atoms with E-state index < -0.39 is 11.6 Å². The van der Waals surface area contributed by atoms with E-state index in [2.05, 4.69) is 21.2 Å². The molecule has 1 heterocycles. The molecule has 1 fully saturated rings. The van der Waals surface area contributed by atoms with Crippen LogP contribution in [0.25, 0.3) is 0 Å². The Morgan fingerprint density at radius 3 is 2.89 bits per heavy atom. The number of halogens is 3. The zero-order chi connectivity index (χ0) is 13.9. The predicted octanol–water partition coefficient (Wildman–Crippen LogP) is 2.62. The van der Waals surface area contributed by atoms with Gasteiger partial charge in [-0.3, -0.25) is 0 Å². The van der Waals surface area contributed by atoms with Crippen LogP contribution >= 0.6 is 15.9 Å². The standard InChI is InChI=1S/C13H16BrF2NO2/c1-18-13(4-5-19-8-13)7-17-6-9-11(15)3-2-10(14)12(9)16/h2-3,17H,4-8H2,1H3. The Morgan fingerprint density at radius 2 is 2.26 bits per heavy atom. The summed E-state index contributed by atoms with van der Waals surface area (Å²) in [5, 5.41) is 3.04. The van der Waals surface area contributed by atoms with Gasteiger partial charge in [0, 0.05) is 38.8 Å². The summed E-state index contributed by atoms with van der Waals surface area (Å²) in [7, 11) is 1.62. The van der Waals surface area contributed by atoms with E-state index in [0.717, 1.165) is 6.42 Å². The summed E-state index contributed by atoms with van der Waals surface area (Å²) in [6, 6.07) is 2.60. The van der Waals surface area contributed by atoms with E-state index in [-0.39, 0.29) is 22.2 Å². The van der Waals surface area contributed by atoms with Gasteiger partial charge in [-0.15, -0.1) is 0 Å². The van der Waals surface area contributed by atoms with Crippen LogP contribution in [0.4, 0.5) is 8.78 Å². The first kappa shape index (κ1) is 14.8. The zero-order valence-electron chi connectivity index (χ0n) is 10.6. The molecule has 1 aromatic rings. The molecule has 0 aliphatic carbocycles. The van der Waals surface area contributed by atoms with Crippen LogP contribution in [0.5, 0.6) is 0 Å². The topological polar surface area (TPSA) is 30.5 Å². The molecule has 0 amide bonds. The molecular formula is C13H16BrF2NO2. The fourth-order valence-corrected chi connectivity index (χ4v) is 2.48. The van der Waals surface area contributed by atoms with Crippen LogP contribution in [0.3, 0.4) is 0 Å². The molecule has 1 unspecified atom stereocenters. The summed E-state index contributed by atoms with van der Waals surface area (Å²) in [5.41, 5.74) is -0.363. The van der Waals surface area contributed by atoms with Gasteiger partial charge in [0.1, 0.15) is 17.2 Å². The van der Waals surface area contributed by atoms with Crippen molar-refractivity contribution in [3.05, 3.63) is 33.8 Å². The van der Waals surface area contributed by atoms with Crippen molar-refractivity contribution >= 4 is 15.9 Å². The molecular weight excluding hydrogens is 320 g/mol. The fourth-order valence-electron chi connectivity index (χ4n) is 2.11. The molecule has 1 aromatic carbocycles. The summed E-state index contributed by atoms with van der Waals surface area (Å²) < 4.78 is 38.3. The van der Waals surface area contributed by atoms with Crippen LogP contribution in [-0.2, 0) is 16.0 Å². The van der Waals surface area contributed by atoms with Crippen LogP contribution in [0.15, 0.2) is 16.6 Å². The third-order valence-electron chi connectivity index (χ3n) is 3.39. The summed E-state index contributed by atoms with van der Waals surface area (Å²) in [5.74, 6) is -1.12. The Bertz CT molecular complexity index is 451. The average Bonchev–Trinajstić information content (AvgIpc) is 2.88. The van der Waals surface area contributed by atoms with Crippen molar-refractivity contribution in [2.45, 2.75) is 18.6 Å². The van der Waals surface area contributed by atoms with E-state index in [4.69, 9.17) is 9.47 Å². The molecule has 1 aliphatic rings. The smallest absolute Gasteiger partial charge is 0.144 e. The Labute approximate surface area is 119 Å². The van der Waals surface area contributed by atoms with Crippen molar-refractivity contribution < 1.29 is 18.3 Å². The maximum absolute atomic E-state index is 13.8. The molecule has 0 saturated carbocycles. The van der Waals surface area contributed by atoms with Crippen molar-refractivity contribution in [3.8, 4) is 0 Å². The molecule has 1 aliphatic heterocycles. The number of hydrogen-bond donors (Lipinski definition) is 1. The number of rotatable bonds is 5. The highest BCUT2D eigenvalue weighted by Crippen LogP contribution is 2.23. The summed E-state index contributed by atoms with van der Waals surface area (Å²) in [6.45, 7) is 1.76. The molecule has 2 rings (SSSR count). The minimum Gasteiger partial charge on any atom is -0.378 e. The quantitative estimate of drug-likeness (QED) is 0.839. The third kappa shape index (κ3) is 3.31. The van der Waals surface area contributed by atoms with Crippen molar-refractivity contribution in [2.24, 2.45) is 0 Å². The first-order chi connectivity index (χ1) is 9.08. The van der Waals surface area contributed by atoms with Gasteiger partial charge in [0.2, 0.25) is 0 Å². The minimum absolute atomic E-state index is 0.0274. The van der Waals surface area contributed by atoms with Crippen LogP contribution in [-0.4, -0.2) is 32.5 Å². The van der Waals surface area contributed by atoms with Gasteiger partial charge in [-0.25, -0.2) is 8.78 Å². The van der Waals surface area contributed by atoms with Crippen LogP contribution in [0, 0.1) is 11.6 Å². The lowest BCUT2D eigenvalue weighted by molar-refractivity contribution is -0.0160.